The lowest BCUT2D eigenvalue weighted by atomic mass is 10.1. The first-order valence-electron chi connectivity index (χ1n) is 11.5. The van der Waals surface area contributed by atoms with E-state index in [4.69, 9.17) is 14.8 Å². The molecular weight excluding hydrogens is 412 g/mol. The standard InChI is InChI=1S/C23H44N4OS2/c1-10-15-28-27-21(4,5)19(25-23(27,8)9)30-17-14-12-11-13-16-29-18-20(2,3)26-22(6,7)24-18/h26H,10-17H2,1-9H3. The van der Waals surface area contributed by atoms with Gasteiger partial charge in [0.05, 0.1) is 27.8 Å². The maximum absolute atomic E-state index is 6.04. The molecule has 0 amide bonds. The fraction of sp³-hybridized carbons (Fsp3) is 0.913. The molecule has 0 aromatic rings. The van der Waals surface area contributed by atoms with E-state index >= 15 is 0 Å². The van der Waals surface area contributed by atoms with Gasteiger partial charge in [-0.2, -0.15) is 5.06 Å². The molecule has 2 rings (SSSR count). The van der Waals surface area contributed by atoms with E-state index in [-0.39, 0.29) is 22.4 Å². The van der Waals surface area contributed by atoms with Gasteiger partial charge in [-0.25, -0.2) is 0 Å². The first-order valence-corrected chi connectivity index (χ1v) is 13.5. The minimum absolute atomic E-state index is 0.00210. The number of thioether (sulfide) groups is 2. The van der Waals surface area contributed by atoms with Crippen LogP contribution in [0.2, 0.25) is 0 Å². The van der Waals surface area contributed by atoms with E-state index in [1.165, 1.54) is 35.8 Å². The van der Waals surface area contributed by atoms with Crippen LogP contribution in [0.4, 0.5) is 0 Å². The third-order valence-electron chi connectivity index (χ3n) is 5.38. The van der Waals surface area contributed by atoms with Crippen molar-refractivity contribution in [2.45, 2.75) is 117 Å². The van der Waals surface area contributed by atoms with Crippen LogP contribution < -0.4 is 5.32 Å². The number of aliphatic imine (C=N–C) groups is 2. The van der Waals surface area contributed by atoms with E-state index in [2.05, 4.69) is 72.7 Å². The zero-order valence-corrected chi connectivity index (χ0v) is 22.4. The summed E-state index contributed by atoms with van der Waals surface area (Å²) in [5, 5.41) is 8.14. The van der Waals surface area contributed by atoms with Crippen LogP contribution in [-0.4, -0.2) is 55.7 Å². The van der Waals surface area contributed by atoms with E-state index in [9.17, 15) is 0 Å². The Bertz CT molecular complexity index is 641. The largest absolute Gasteiger partial charge is 0.296 e. The van der Waals surface area contributed by atoms with Crippen LogP contribution >= 0.6 is 23.5 Å². The summed E-state index contributed by atoms with van der Waals surface area (Å²) < 4.78 is 0. The second kappa shape index (κ2) is 10.2. The van der Waals surface area contributed by atoms with E-state index in [1.54, 1.807) is 0 Å². The lowest BCUT2D eigenvalue weighted by molar-refractivity contribution is -0.236. The molecule has 2 heterocycles. The average Bonchev–Trinajstić information content (AvgIpc) is 2.92. The molecular formula is C23H44N4OS2. The quantitative estimate of drug-likeness (QED) is 0.402. The highest BCUT2D eigenvalue weighted by molar-refractivity contribution is 8.14. The number of unbranched alkanes of at least 4 members (excludes halogenated alkanes) is 3. The number of nitrogens with one attached hydrogen (secondary N) is 1. The number of rotatable bonds is 10. The molecule has 0 unspecified atom stereocenters. The minimum Gasteiger partial charge on any atom is -0.296 e. The zero-order valence-electron chi connectivity index (χ0n) is 20.7. The molecule has 5 nitrogen and oxygen atoms in total. The summed E-state index contributed by atoms with van der Waals surface area (Å²) in [7, 11) is 0. The summed E-state index contributed by atoms with van der Waals surface area (Å²) in [6.07, 6.45) is 6.07. The second-order valence-corrected chi connectivity index (χ2v) is 12.6. The highest BCUT2D eigenvalue weighted by Crippen LogP contribution is 2.39. The van der Waals surface area contributed by atoms with E-state index in [0.717, 1.165) is 24.5 Å². The molecule has 0 aliphatic carbocycles. The molecule has 2 aliphatic rings. The van der Waals surface area contributed by atoms with Gasteiger partial charge in [-0.3, -0.25) is 20.1 Å². The Labute approximate surface area is 193 Å². The molecule has 7 heteroatoms. The van der Waals surface area contributed by atoms with Gasteiger partial charge >= 0.3 is 0 Å². The number of nitrogens with zero attached hydrogens (tertiary/aromatic N) is 3. The van der Waals surface area contributed by atoms with Crippen molar-refractivity contribution in [3.63, 3.8) is 0 Å². The van der Waals surface area contributed by atoms with Gasteiger partial charge in [0.2, 0.25) is 0 Å². The highest BCUT2D eigenvalue weighted by atomic mass is 32.2. The Hall–Kier alpha value is -0.0800. The molecule has 0 aromatic heterocycles. The summed E-state index contributed by atoms with van der Waals surface area (Å²) in [5.74, 6) is 2.29. The first-order chi connectivity index (χ1) is 13.8. The van der Waals surface area contributed by atoms with E-state index in [1.807, 2.05) is 23.5 Å². The monoisotopic (exact) mass is 456 g/mol. The van der Waals surface area contributed by atoms with Gasteiger partial charge in [0.25, 0.3) is 0 Å². The van der Waals surface area contributed by atoms with Gasteiger partial charge in [0.1, 0.15) is 11.3 Å². The number of hydroxylamine groups is 2. The molecule has 0 atom stereocenters. The maximum atomic E-state index is 6.04. The Balaban J connectivity index is 1.65. The van der Waals surface area contributed by atoms with Crippen molar-refractivity contribution in [2.24, 2.45) is 9.98 Å². The third kappa shape index (κ3) is 6.71. The summed E-state index contributed by atoms with van der Waals surface area (Å²) >= 11 is 3.84. The number of hydrogen-bond acceptors (Lipinski definition) is 7. The molecule has 0 aromatic carbocycles. The van der Waals surface area contributed by atoms with Gasteiger partial charge < -0.3 is 0 Å². The van der Waals surface area contributed by atoms with Crippen molar-refractivity contribution >= 4 is 33.6 Å². The topological polar surface area (TPSA) is 49.2 Å². The Kier molecular flexibility index (Phi) is 8.93. The van der Waals surface area contributed by atoms with Gasteiger partial charge in [0, 0.05) is 0 Å². The van der Waals surface area contributed by atoms with Crippen LogP contribution in [-0.2, 0) is 4.84 Å². The molecule has 0 radical (unpaired) electrons. The maximum Gasteiger partial charge on any atom is 0.132 e. The molecule has 174 valence electrons. The molecule has 0 bridgehead atoms. The predicted octanol–water partition coefficient (Wildman–Crippen LogP) is 6.10. The van der Waals surface area contributed by atoms with Gasteiger partial charge in [-0.15, -0.1) is 23.5 Å². The van der Waals surface area contributed by atoms with Crippen LogP contribution in [0.5, 0.6) is 0 Å². The SMILES string of the molecule is CCCON1C(C)(C)N=C(SCCCCCCSC2=NC(C)(C)NC2(C)C)C1(C)C. The van der Waals surface area contributed by atoms with Crippen LogP contribution in [0.3, 0.4) is 0 Å². The second-order valence-electron chi connectivity index (χ2n) is 10.4. The van der Waals surface area contributed by atoms with Gasteiger partial charge in [0.15, 0.2) is 0 Å². The summed E-state index contributed by atoms with van der Waals surface area (Å²) in [5.41, 5.74) is -0.581. The predicted molar refractivity (Wildman–Crippen MR) is 136 cm³/mol. The first kappa shape index (κ1) is 26.2. The molecule has 0 fully saturated rings. The number of hydrogen-bond donors (Lipinski definition) is 1. The van der Waals surface area contributed by atoms with Crippen LogP contribution in [0.15, 0.2) is 9.98 Å². The van der Waals surface area contributed by atoms with Crippen LogP contribution in [0.1, 0.15) is 94.4 Å². The molecule has 0 saturated carbocycles. The third-order valence-corrected chi connectivity index (χ3v) is 8.10. The van der Waals surface area contributed by atoms with Crippen molar-refractivity contribution in [3.05, 3.63) is 0 Å². The smallest absolute Gasteiger partial charge is 0.132 e. The molecule has 2 aliphatic heterocycles. The molecule has 0 saturated heterocycles. The van der Waals surface area contributed by atoms with Crippen molar-refractivity contribution in [2.75, 3.05) is 18.1 Å². The minimum atomic E-state index is -0.293. The summed E-state index contributed by atoms with van der Waals surface area (Å²) in [6.45, 7) is 20.4. The van der Waals surface area contributed by atoms with Gasteiger partial charge in [-0.05, 0) is 86.2 Å². The highest BCUT2D eigenvalue weighted by Gasteiger charge is 2.48. The fourth-order valence-corrected chi connectivity index (χ4v) is 6.77. The van der Waals surface area contributed by atoms with Crippen molar-refractivity contribution < 1.29 is 4.84 Å². The fourth-order valence-electron chi connectivity index (χ4n) is 4.26. The lowest BCUT2D eigenvalue weighted by Gasteiger charge is -2.38. The molecule has 30 heavy (non-hydrogen) atoms. The normalized spacial score (nSPS) is 24.2. The summed E-state index contributed by atoms with van der Waals surface area (Å²) in [4.78, 5) is 15.9. The van der Waals surface area contributed by atoms with Gasteiger partial charge in [-0.1, -0.05) is 19.8 Å². The molecule has 1 N–H and O–H groups in total. The Morgan fingerprint density at radius 3 is 1.90 bits per heavy atom. The van der Waals surface area contributed by atoms with Crippen molar-refractivity contribution in [3.8, 4) is 0 Å². The van der Waals surface area contributed by atoms with E-state index < -0.39 is 0 Å². The van der Waals surface area contributed by atoms with Crippen molar-refractivity contribution in [1.29, 1.82) is 0 Å². The lowest BCUT2D eigenvalue weighted by Crippen LogP contribution is -2.51. The Morgan fingerprint density at radius 1 is 0.833 bits per heavy atom. The summed E-state index contributed by atoms with van der Waals surface area (Å²) in [6, 6.07) is 0. The average molecular weight is 457 g/mol. The molecule has 0 spiro atoms. The Morgan fingerprint density at radius 2 is 1.40 bits per heavy atom. The van der Waals surface area contributed by atoms with E-state index in [0.29, 0.717) is 0 Å². The zero-order chi connectivity index (χ0) is 22.6. The van der Waals surface area contributed by atoms with Crippen LogP contribution in [0, 0.1) is 0 Å². The van der Waals surface area contributed by atoms with Crippen molar-refractivity contribution in [1.82, 2.24) is 10.4 Å². The van der Waals surface area contributed by atoms with Crippen LogP contribution in [0.25, 0.3) is 0 Å².